The maximum Gasteiger partial charge on any atom is 0.261 e. The van der Waals surface area contributed by atoms with E-state index in [-0.39, 0.29) is 5.91 Å². The number of quaternary nitrogens is 1. The minimum Gasteiger partial charge on any atom is -0.844 e. The van der Waals surface area contributed by atoms with Crippen LogP contribution in [0.15, 0.2) is 30.3 Å². The third-order valence-corrected chi connectivity index (χ3v) is 4.00. The fourth-order valence-corrected chi connectivity index (χ4v) is 3.06. The van der Waals surface area contributed by atoms with Crippen LogP contribution in [0.2, 0.25) is 0 Å². The van der Waals surface area contributed by atoms with Crippen molar-refractivity contribution in [3.05, 3.63) is 35.9 Å². The number of amides is 1. The number of nitrogens with one attached hydrogen (secondary N) is 1. The minimum atomic E-state index is -0.791. The molecule has 0 aromatic heterocycles. The van der Waals surface area contributed by atoms with Crippen molar-refractivity contribution in [3.8, 4) is 0 Å². The molecule has 1 aromatic carbocycles. The summed E-state index contributed by atoms with van der Waals surface area (Å²) in [5, 5.41) is 12.5. The third kappa shape index (κ3) is 4.05. The molecule has 1 unspecified atom stereocenters. The summed E-state index contributed by atoms with van der Waals surface area (Å²) < 4.78 is 0.443. The molecule has 0 saturated carbocycles. The number of carbonyl (C=O) groups is 1. The van der Waals surface area contributed by atoms with Gasteiger partial charge in [0.25, 0.3) is 5.91 Å². The molecule has 4 heteroatoms. The SMILES string of the molecule is CC(=O)N[N+]1(CC([O-])c2ccccc2)CCCCCC1. The van der Waals surface area contributed by atoms with Crippen molar-refractivity contribution in [2.75, 3.05) is 19.6 Å². The zero-order valence-electron chi connectivity index (χ0n) is 12.2. The Hall–Kier alpha value is -1.39. The van der Waals surface area contributed by atoms with Gasteiger partial charge in [0, 0.05) is 6.92 Å². The molecule has 4 nitrogen and oxygen atoms in total. The summed E-state index contributed by atoms with van der Waals surface area (Å²) in [4.78, 5) is 11.5. The highest BCUT2D eigenvalue weighted by Gasteiger charge is 2.31. The lowest BCUT2D eigenvalue weighted by atomic mass is 10.1. The first kappa shape index (κ1) is 15.0. The quantitative estimate of drug-likeness (QED) is 0.848. The van der Waals surface area contributed by atoms with Gasteiger partial charge in [0.15, 0.2) is 0 Å². The molecular formula is C16H24N2O2. The zero-order valence-corrected chi connectivity index (χ0v) is 12.2. The van der Waals surface area contributed by atoms with Crippen molar-refractivity contribution in [3.63, 3.8) is 0 Å². The van der Waals surface area contributed by atoms with Crippen LogP contribution in [0, 0.1) is 0 Å². The molecule has 1 atom stereocenters. The van der Waals surface area contributed by atoms with E-state index in [0.717, 1.165) is 31.5 Å². The molecule has 0 spiro atoms. The third-order valence-electron chi connectivity index (χ3n) is 4.00. The lowest BCUT2D eigenvalue weighted by molar-refractivity contribution is -0.968. The summed E-state index contributed by atoms with van der Waals surface area (Å²) in [6.45, 7) is 3.70. The number of nitrogens with zero attached hydrogens (tertiary/aromatic N) is 1. The van der Waals surface area contributed by atoms with Crippen LogP contribution in [-0.4, -0.2) is 30.1 Å². The predicted molar refractivity (Wildman–Crippen MR) is 76.3 cm³/mol. The van der Waals surface area contributed by atoms with Gasteiger partial charge in [-0.1, -0.05) is 35.9 Å². The minimum absolute atomic E-state index is 0.0489. The molecule has 1 aromatic rings. The smallest absolute Gasteiger partial charge is 0.261 e. The van der Waals surface area contributed by atoms with Gasteiger partial charge in [0.05, 0.1) is 6.54 Å². The first-order valence-corrected chi connectivity index (χ1v) is 7.47. The normalized spacial score (nSPS) is 19.9. The van der Waals surface area contributed by atoms with Crippen LogP contribution in [0.5, 0.6) is 0 Å². The Morgan fingerprint density at radius 2 is 1.80 bits per heavy atom. The lowest BCUT2D eigenvalue weighted by Crippen LogP contribution is -2.62. The average Bonchev–Trinajstić information content (AvgIpc) is 2.64. The molecule has 1 aliphatic heterocycles. The van der Waals surface area contributed by atoms with Gasteiger partial charge in [0.1, 0.15) is 13.1 Å². The molecular weight excluding hydrogens is 252 g/mol. The van der Waals surface area contributed by atoms with E-state index in [0.29, 0.717) is 11.1 Å². The molecule has 0 radical (unpaired) electrons. The van der Waals surface area contributed by atoms with Crippen molar-refractivity contribution in [2.45, 2.75) is 38.7 Å². The van der Waals surface area contributed by atoms with Gasteiger partial charge in [0.2, 0.25) is 0 Å². The van der Waals surface area contributed by atoms with Crippen LogP contribution in [0.3, 0.4) is 0 Å². The van der Waals surface area contributed by atoms with Crippen LogP contribution in [0.1, 0.15) is 44.3 Å². The largest absolute Gasteiger partial charge is 0.844 e. The fraction of sp³-hybridized carbons (Fsp3) is 0.562. The number of hydrogen-bond donors (Lipinski definition) is 1. The van der Waals surface area contributed by atoms with Gasteiger partial charge >= 0.3 is 0 Å². The summed E-state index contributed by atoms with van der Waals surface area (Å²) >= 11 is 0. The Morgan fingerprint density at radius 3 is 2.35 bits per heavy atom. The van der Waals surface area contributed by atoms with E-state index in [1.807, 2.05) is 30.3 Å². The molecule has 1 N–H and O–H groups in total. The van der Waals surface area contributed by atoms with E-state index >= 15 is 0 Å². The number of benzene rings is 1. The molecule has 110 valence electrons. The molecule has 0 bridgehead atoms. The van der Waals surface area contributed by atoms with Crippen molar-refractivity contribution in [1.29, 1.82) is 0 Å². The van der Waals surface area contributed by atoms with Gasteiger partial charge in [-0.3, -0.25) is 4.79 Å². The number of hydrogen-bond acceptors (Lipinski definition) is 2. The standard InChI is InChI=1S/C16H24N2O2/c1-14(19)17-18(11-7-2-3-8-12-18)13-16(20)15-9-5-4-6-10-15/h4-6,9-10,16H,2-3,7-8,11-13H2,1H3,(H,17,19). The first-order valence-electron chi connectivity index (χ1n) is 7.47. The topological polar surface area (TPSA) is 52.2 Å². The molecule has 20 heavy (non-hydrogen) atoms. The van der Waals surface area contributed by atoms with Crippen LogP contribution in [-0.2, 0) is 4.79 Å². The molecule has 1 fully saturated rings. The van der Waals surface area contributed by atoms with E-state index in [9.17, 15) is 9.90 Å². The van der Waals surface area contributed by atoms with Crippen molar-refractivity contribution < 1.29 is 14.5 Å². The molecule has 2 rings (SSSR count). The molecule has 1 saturated heterocycles. The predicted octanol–water partition coefficient (Wildman–Crippen LogP) is 1.53. The highest BCUT2D eigenvalue weighted by atomic mass is 16.3. The van der Waals surface area contributed by atoms with E-state index in [4.69, 9.17) is 0 Å². The van der Waals surface area contributed by atoms with Crippen molar-refractivity contribution >= 4 is 5.91 Å². The highest BCUT2D eigenvalue weighted by molar-refractivity contribution is 5.71. The zero-order chi connectivity index (χ0) is 14.4. The van der Waals surface area contributed by atoms with Crippen LogP contribution in [0.4, 0.5) is 0 Å². The summed E-state index contributed by atoms with van der Waals surface area (Å²) in [7, 11) is 0. The van der Waals surface area contributed by atoms with E-state index in [2.05, 4.69) is 5.43 Å². The summed E-state index contributed by atoms with van der Waals surface area (Å²) in [6.07, 6.45) is 3.73. The second-order valence-corrected chi connectivity index (χ2v) is 5.76. The van der Waals surface area contributed by atoms with Crippen LogP contribution < -0.4 is 10.5 Å². The first-order chi connectivity index (χ1) is 9.61. The molecule has 0 aliphatic carbocycles. The summed E-state index contributed by atoms with van der Waals surface area (Å²) in [6, 6.07) is 9.45. The Labute approximate surface area is 121 Å². The summed E-state index contributed by atoms with van der Waals surface area (Å²) in [5.41, 5.74) is 3.84. The number of likely N-dealkylation sites (tertiary alicyclic amines) is 1. The summed E-state index contributed by atoms with van der Waals surface area (Å²) in [5.74, 6) is -0.0489. The van der Waals surface area contributed by atoms with Gasteiger partial charge in [-0.2, -0.15) is 0 Å². The van der Waals surface area contributed by atoms with Crippen molar-refractivity contribution in [2.24, 2.45) is 0 Å². The Kier molecular flexibility index (Phi) is 5.15. The maximum absolute atomic E-state index is 12.5. The second kappa shape index (κ2) is 6.86. The van der Waals surface area contributed by atoms with E-state index < -0.39 is 6.10 Å². The molecule has 1 amide bonds. The van der Waals surface area contributed by atoms with E-state index in [1.54, 1.807) is 0 Å². The molecule has 1 heterocycles. The van der Waals surface area contributed by atoms with Gasteiger partial charge < -0.3 is 5.11 Å². The Bertz CT molecular complexity index is 425. The lowest BCUT2D eigenvalue weighted by Gasteiger charge is -2.41. The van der Waals surface area contributed by atoms with Crippen molar-refractivity contribution in [1.82, 2.24) is 5.43 Å². The van der Waals surface area contributed by atoms with Crippen LogP contribution in [0.25, 0.3) is 0 Å². The fourth-order valence-electron chi connectivity index (χ4n) is 3.06. The maximum atomic E-state index is 12.5. The van der Waals surface area contributed by atoms with E-state index in [1.165, 1.54) is 19.8 Å². The Balaban J connectivity index is 2.12. The second-order valence-electron chi connectivity index (χ2n) is 5.76. The average molecular weight is 276 g/mol. The number of carbonyl (C=O) groups excluding carboxylic acids is 1. The monoisotopic (exact) mass is 276 g/mol. The van der Waals surface area contributed by atoms with Gasteiger partial charge in [-0.15, -0.1) is 0 Å². The van der Waals surface area contributed by atoms with Crippen LogP contribution >= 0.6 is 0 Å². The number of rotatable bonds is 4. The Morgan fingerprint density at radius 1 is 1.20 bits per heavy atom. The molecule has 1 aliphatic rings. The highest BCUT2D eigenvalue weighted by Crippen LogP contribution is 2.20. The van der Waals surface area contributed by atoms with Gasteiger partial charge in [-0.05, 0) is 31.8 Å². The van der Waals surface area contributed by atoms with Gasteiger partial charge in [-0.25, -0.2) is 10.0 Å².